The van der Waals surface area contributed by atoms with E-state index in [0.29, 0.717) is 18.6 Å². The Hall–Kier alpha value is -2.62. The average Bonchev–Trinajstić information content (AvgIpc) is 2.90. The molecule has 2 aromatic heterocycles. The van der Waals surface area contributed by atoms with E-state index >= 15 is 0 Å². The number of rotatable bonds is 3. The van der Waals surface area contributed by atoms with Crippen molar-refractivity contribution >= 4 is 17.2 Å². The fraction of sp³-hybridized carbons (Fsp3) is 0.0667. The number of para-hydroxylation sites is 1. The molecule has 0 saturated heterocycles. The van der Waals surface area contributed by atoms with Crippen LogP contribution >= 0.6 is 0 Å². The fourth-order valence-electron chi connectivity index (χ4n) is 2.11. The van der Waals surface area contributed by atoms with E-state index in [2.05, 4.69) is 0 Å². The molecular weight excluding hydrogens is 242 g/mol. The molecule has 0 unspecified atom stereocenters. The molecule has 0 bridgehead atoms. The van der Waals surface area contributed by atoms with E-state index in [-0.39, 0.29) is 11.3 Å². The van der Waals surface area contributed by atoms with Crippen LogP contribution in [0.2, 0.25) is 0 Å². The summed E-state index contributed by atoms with van der Waals surface area (Å²) in [5.41, 5.74) is 0.752. The van der Waals surface area contributed by atoms with Crippen LogP contribution in [0.25, 0.3) is 10.9 Å². The van der Waals surface area contributed by atoms with Crippen LogP contribution in [0, 0.1) is 0 Å². The summed E-state index contributed by atoms with van der Waals surface area (Å²) in [5, 5.41) is 0.990. The first-order valence-electron chi connectivity index (χ1n) is 5.90. The molecule has 0 aliphatic rings. The Morgan fingerprint density at radius 3 is 2.68 bits per heavy atom. The molecule has 0 aliphatic carbocycles. The van der Waals surface area contributed by atoms with Gasteiger partial charge in [0.1, 0.15) is 5.76 Å². The Balaban J connectivity index is 2.11. The molecule has 94 valence electrons. The second-order valence-corrected chi connectivity index (χ2v) is 4.24. The van der Waals surface area contributed by atoms with Gasteiger partial charge in [0, 0.05) is 6.07 Å². The van der Waals surface area contributed by atoms with Gasteiger partial charge >= 0.3 is 0 Å². The lowest BCUT2D eigenvalue weighted by atomic mass is 10.2. The zero-order valence-corrected chi connectivity index (χ0v) is 10.1. The Labute approximate surface area is 108 Å². The highest BCUT2D eigenvalue weighted by Crippen LogP contribution is 2.14. The molecule has 4 heteroatoms. The smallest absolute Gasteiger partial charge is 0.251 e. The lowest BCUT2D eigenvalue weighted by Gasteiger charge is -2.08. The van der Waals surface area contributed by atoms with E-state index < -0.39 is 0 Å². The lowest BCUT2D eigenvalue weighted by molar-refractivity contribution is 0.109. The van der Waals surface area contributed by atoms with Crippen LogP contribution in [0.4, 0.5) is 0 Å². The van der Waals surface area contributed by atoms with E-state index in [1.54, 1.807) is 22.8 Å². The number of hydrogen-bond acceptors (Lipinski definition) is 3. The van der Waals surface area contributed by atoms with E-state index in [1.807, 2.05) is 24.3 Å². The van der Waals surface area contributed by atoms with Gasteiger partial charge in [0.15, 0.2) is 12.0 Å². The van der Waals surface area contributed by atoms with Crippen LogP contribution in [0.3, 0.4) is 0 Å². The third-order valence-electron chi connectivity index (χ3n) is 3.01. The first kappa shape index (κ1) is 11.5. The van der Waals surface area contributed by atoms with Crippen molar-refractivity contribution in [2.45, 2.75) is 6.54 Å². The topological polar surface area (TPSA) is 52.2 Å². The predicted molar refractivity (Wildman–Crippen MR) is 71.4 cm³/mol. The van der Waals surface area contributed by atoms with Crippen molar-refractivity contribution in [1.82, 2.24) is 4.57 Å². The monoisotopic (exact) mass is 253 g/mol. The summed E-state index contributed by atoms with van der Waals surface area (Å²) in [7, 11) is 0. The Kier molecular flexibility index (Phi) is 2.76. The number of carbonyl (C=O) groups excluding carboxylic acids is 1. The molecule has 0 radical (unpaired) electrons. The number of aldehydes is 1. The van der Waals surface area contributed by atoms with E-state index in [4.69, 9.17) is 4.42 Å². The highest BCUT2D eigenvalue weighted by Gasteiger charge is 2.06. The number of carbonyl (C=O) groups is 1. The van der Waals surface area contributed by atoms with Crippen molar-refractivity contribution in [3.8, 4) is 0 Å². The Morgan fingerprint density at radius 2 is 1.89 bits per heavy atom. The molecule has 0 N–H and O–H groups in total. The number of fused-ring (bicyclic) bond motifs is 1. The van der Waals surface area contributed by atoms with Gasteiger partial charge < -0.3 is 8.98 Å². The molecule has 3 rings (SSSR count). The van der Waals surface area contributed by atoms with Gasteiger partial charge in [0.25, 0.3) is 5.56 Å². The first-order chi connectivity index (χ1) is 9.28. The quantitative estimate of drug-likeness (QED) is 0.674. The van der Waals surface area contributed by atoms with Gasteiger partial charge in [-0.15, -0.1) is 0 Å². The van der Waals surface area contributed by atoms with Crippen molar-refractivity contribution in [2.75, 3.05) is 0 Å². The predicted octanol–water partition coefficient (Wildman–Crippen LogP) is 2.46. The lowest BCUT2D eigenvalue weighted by Crippen LogP contribution is -2.19. The third-order valence-corrected chi connectivity index (χ3v) is 3.01. The number of nitrogens with zero attached hydrogens (tertiary/aromatic N) is 1. The zero-order valence-electron chi connectivity index (χ0n) is 10.1. The molecule has 2 heterocycles. The number of hydrogen-bond donors (Lipinski definition) is 0. The summed E-state index contributed by atoms with van der Waals surface area (Å²) in [6.07, 6.45) is 0.648. The summed E-state index contributed by atoms with van der Waals surface area (Å²) in [6, 6.07) is 14.3. The largest absolute Gasteiger partial charge is 0.456 e. The SMILES string of the molecule is O=Cc1ccc(Cn2c(=O)ccc3ccccc32)o1. The standard InChI is InChI=1S/C15H11NO3/c17-10-13-7-6-12(19-13)9-16-14-4-2-1-3-11(14)5-8-15(16)18/h1-8,10H,9H2. The molecule has 3 aromatic rings. The van der Waals surface area contributed by atoms with E-state index in [1.165, 1.54) is 6.07 Å². The van der Waals surface area contributed by atoms with Crippen molar-refractivity contribution in [2.24, 2.45) is 0 Å². The van der Waals surface area contributed by atoms with Gasteiger partial charge in [-0.2, -0.15) is 0 Å². The molecule has 1 aromatic carbocycles. The molecule has 0 amide bonds. The fourth-order valence-corrected chi connectivity index (χ4v) is 2.11. The van der Waals surface area contributed by atoms with Crippen LogP contribution < -0.4 is 5.56 Å². The maximum Gasteiger partial charge on any atom is 0.251 e. The molecular formula is C15H11NO3. The summed E-state index contributed by atoms with van der Waals surface area (Å²) in [6.45, 7) is 0.314. The van der Waals surface area contributed by atoms with Gasteiger partial charge in [-0.3, -0.25) is 9.59 Å². The number of furan rings is 1. The van der Waals surface area contributed by atoms with Gasteiger partial charge in [-0.1, -0.05) is 18.2 Å². The van der Waals surface area contributed by atoms with Crippen molar-refractivity contribution < 1.29 is 9.21 Å². The molecule has 4 nitrogen and oxygen atoms in total. The van der Waals surface area contributed by atoms with Crippen LogP contribution in [0.5, 0.6) is 0 Å². The summed E-state index contributed by atoms with van der Waals surface area (Å²) in [5.74, 6) is 0.851. The van der Waals surface area contributed by atoms with Gasteiger partial charge in [0.05, 0.1) is 12.1 Å². The second-order valence-electron chi connectivity index (χ2n) is 4.24. The van der Waals surface area contributed by atoms with Crippen LogP contribution in [0.15, 0.2) is 57.7 Å². The Bertz CT molecular complexity index is 798. The zero-order chi connectivity index (χ0) is 13.2. The van der Waals surface area contributed by atoms with Gasteiger partial charge in [0.2, 0.25) is 0 Å². The molecule has 0 fully saturated rings. The average molecular weight is 253 g/mol. The van der Waals surface area contributed by atoms with E-state index in [9.17, 15) is 9.59 Å². The minimum Gasteiger partial charge on any atom is -0.456 e. The minimum atomic E-state index is -0.0947. The number of benzene rings is 1. The molecule has 0 atom stereocenters. The maximum atomic E-state index is 12.0. The molecule has 19 heavy (non-hydrogen) atoms. The normalized spacial score (nSPS) is 10.7. The van der Waals surface area contributed by atoms with Crippen LogP contribution in [0.1, 0.15) is 16.3 Å². The number of aromatic nitrogens is 1. The number of pyridine rings is 1. The van der Waals surface area contributed by atoms with Gasteiger partial charge in [-0.25, -0.2) is 0 Å². The van der Waals surface area contributed by atoms with Crippen molar-refractivity contribution in [3.05, 3.63) is 70.4 Å². The second kappa shape index (κ2) is 4.57. The maximum absolute atomic E-state index is 12.0. The highest BCUT2D eigenvalue weighted by atomic mass is 16.3. The summed E-state index contributed by atoms with van der Waals surface area (Å²) >= 11 is 0. The van der Waals surface area contributed by atoms with Crippen LogP contribution in [-0.2, 0) is 6.54 Å². The van der Waals surface area contributed by atoms with E-state index in [0.717, 1.165) is 10.9 Å². The van der Waals surface area contributed by atoms with Crippen molar-refractivity contribution in [3.63, 3.8) is 0 Å². The molecule has 0 spiro atoms. The first-order valence-corrected chi connectivity index (χ1v) is 5.90. The van der Waals surface area contributed by atoms with Gasteiger partial charge in [-0.05, 0) is 29.7 Å². The van der Waals surface area contributed by atoms with Crippen molar-refractivity contribution in [1.29, 1.82) is 0 Å². The third kappa shape index (κ3) is 2.08. The Morgan fingerprint density at radius 1 is 1.05 bits per heavy atom. The summed E-state index contributed by atoms with van der Waals surface area (Å²) < 4.78 is 6.94. The highest BCUT2D eigenvalue weighted by molar-refractivity contribution is 5.78. The van der Waals surface area contributed by atoms with Crippen LogP contribution in [-0.4, -0.2) is 10.9 Å². The molecule has 0 aliphatic heterocycles. The minimum absolute atomic E-state index is 0.0947. The summed E-state index contributed by atoms with van der Waals surface area (Å²) in [4.78, 5) is 22.6. The molecule has 0 saturated carbocycles.